The molecular weight excluding hydrogens is 344 g/mol. The first-order chi connectivity index (χ1) is 12.2. The molecule has 1 amide bonds. The van der Waals surface area contributed by atoms with Gasteiger partial charge in [-0.15, -0.1) is 12.4 Å². The Morgan fingerprint density at radius 3 is 2.38 bits per heavy atom. The third-order valence-corrected chi connectivity index (χ3v) is 5.45. The fourth-order valence-electron chi connectivity index (χ4n) is 3.72. The van der Waals surface area contributed by atoms with Crippen molar-refractivity contribution in [2.45, 2.75) is 77.2 Å². The smallest absolute Gasteiger partial charge is 0.254 e. The Balaban J connectivity index is 0.00000338. The zero-order chi connectivity index (χ0) is 17.9. The summed E-state index contributed by atoms with van der Waals surface area (Å²) in [7, 11) is 1.95. The summed E-state index contributed by atoms with van der Waals surface area (Å²) in [5.74, 6) is 0.184. The molecule has 1 saturated heterocycles. The first-order valence-electron chi connectivity index (χ1n) is 10.3. The van der Waals surface area contributed by atoms with Gasteiger partial charge in [-0.05, 0) is 37.4 Å². The average molecular weight is 381 g/mol. The number of nitrogens with one attached hydrogen (secondary N) is 1. The van der Waals surface area contributed by atoms with Crippen LogP contribution < -0.4 is 5.32 Å². The Hall–Kier alpha value is -1.06. The Labute approximate surface area is 166 Å². The summed E-state index contributed by atoms with van der Waals surface area (Å²) < 4.78 is 0. The van der Waals surface area contributed by atoms with Crippen molar-refractivity contribution < 1.29 is 4.79 Å². The van der Waals surface area contributed by atoms with Gasteiger partial charge in [-0.3, -0.25) is 4.79 Å². The molecule has 1 aromatic carbocycles. The molecule has 0 aliphatic carbocycles. The van der Waals surface area contributed by atoms with Gasteiger partial charge in [0.25, 0.3) is 5.91 Å². The molecule has 0 bridgehead atoms. The van der Waals surface area contributed by atoms with Crippen LogP contribution in [-0.4, -0.2) is 37.0 Å². The fraction of sp³-hybridized carbons (Fsp3) is 0.682. The lowest BCUT2D eigenvalue weighted by Crippen LogP contribution is -2.38. The number of unbranched alkanes of at least 4 members (excludes halogenated alkanes) is 7. The van der Waals surface area contributed by atoms with Crippen LogP contribution >= 0.6 is 12.4 Å². The topological polar surface area (TPSA) is 32.3 Å². The number of carbonyl (C=O) groups excluding carboxylic acids is 1. The second kappa shape index (κ2) is 13.2. The van der Waals surface area contributed by atoms with Crippen molar-refractivity contribution in [2.75, 3.05) is 20.1 Å². The van der Waals surface area contributed by atoms with E-state index in [2.05, 4.69) is 24.4 Å². The van der Waals surface area contributed by atoms with E-state index < -0.39 is 0 Å². The highest BCUT2D eigenvalue weighted by Crippen LogP contribution is 2.18. The summed E-state index contributed by atoms with van der Waals surface area (Å²) in [4.78, 5) is 14.8. The fourth-order valence-corrected chi connectivity index (χ4v) is 3.72. The minimum atomic E-state index is 0. The summed E-state index contributed by atoms with van der Waals surface area (Å²) >= 11 is 0. The number of aryl methyl sites for hydroxylation is 1. The number of benzene rings is 1. The minimum absolute atomic E-state index is 0. The summed E-state index contributed by atoms with van der Waals surface area (Å²) in [6, 6.07) is 8.53. The van der Waals surface area contributed by atoms with Crippen molar-refractivity contribution >= 4 is 18.3 Å². The van der Waals surface area contributed by atoms with Crippen LogP contribution in [0.2, 0.25) is 0 Å². The van der Waals surface area contributed by atoms with Gasteiger partial charge in [0.05, 0.1) is 0 Å². The molecule has 0 unspecified atom stereocenters. The molecule has 1 heterocycles. The van der Waals surface area contributed by atoms with Gasteiger partial charge in [0.15, 0.2) is 0 Å². The quantitative estimate of drug-likeness (QED) is 0.533. The predicted molar refractivity (Wildman–Crippen MR) is 113 cm³/mol. The third kappa shape index (κ3) is 7.28. The largest absolute Gasteiger partial charge is 0.337 e. The van der Waals surface area contributed by atoms with Gasteiger partial charge in [-0.1, -0.05) is 70.1 Å². The van der Waals surface area contributed by atoms with Crippen molar-refractivity contribution in [1.82, 2.24) is 10.2 Å². The predicted octanol–water partition coefficient (Wildman–Crippen LogP) is 5.23. The van der Waals surface area contributed by atoms with Crippen LogP contribution in [0, 0.1) is 0 Å². The van der Waals surface area contributed by atoms with E-state index in [4.69, 9.17) is 0 Å². The molecule has 2 rings (SSSR count). The molecule has 1 aromatic rings. The zero-order valence-electron chi connectivity index (χ0n) is 16.6. The minimum Gasteiger partial charge on any atom is -0.337 e. The van der Waals surface area contributed by atoms with Crippen molar-refractivity contribution in [1.29, 1.82) is 0 Å². The van der Waals surface area contributed by atoms with Gasteiger partial charge < -0.3 is 10.2 Å². The maximum absolute atomic E-state index is 12.9. The van der Waals surface area contributed by atoms with E-state index in [0.29, 0.717) is 6.04 Å². The Bertz CT molecular complexity index is 515. The van der Waals surface area contributed by atoms with E-state index in [1.165, 1.54) is 56.9 Å². The van der Waals surface area contributed by atoms with E-state index in [9.17, 15) is 4.79 Å². The Kier molecular flexibility index (Phi) is 11.6. The molecule has 1 N–H and O–H groups in total. The summed E-state index contributed by atoms with van der Waals surface area (Å²) in [6.07, 6.45) is 12.7. The van der Waals surface area contributed by atoms with E-state index in [1.807, 2.05) is 24.1 Å². The lowest BCUT2D eigenvalue weighted by atomic mass is 9.99. The van der Waals surface area contributed by atoms with Crippen LogP contribution in [0.4, 0.5) is 0 Å². The summed E-state index contributed by atoms with van der Waals surface area (Å²) in [5, 5.41) is 3.35. The number of rotatable bonds is 11. The van der Waals surface area contributed by atoms with E-state index in [-0.39, 0.29) is 18.3 Å². The van der Waals surface area contributed by atoms with Crippen LogP contribution in [0.3, 0.4) is 0 Å². The maximum Gasteiger partial charge on any atom is 0.254 e. The zero-order valence-corrected chi connectivity index (χ0v) is 17.5. The number of amides is 1. The molecular formula is C22H37ClN2O. The molecule has 3 nitrogen and oxygen atoms in total. The Morgan fingerprint density at radius 2 is 1.73 bits per heavy atom. The molecule has 1 fully saturated rings. The molecule has 0 radical (unpaired) electrons. The Morgan fingerprint density at radius 1 is 1.08 bits per heavy atom. The highest BCUT2D eigenvalue weighted by molar-refractivity contribution is 5.95. The van der Waals surface area contributed by atoms with E-state index >= 15 is 0 Å². The molecule has 26 heavy (non-hydrogen) atoms. The van der Waals surface area contributed by atoms with Crippen molar-refractivity contribution in [3.05, 3.63) is 35.4 Å². The van der Waals surface area contributed by atoms with Gasteiger partial charge in [-0.2, -0.15) is 0 Å². The molecule has 148 valence electrons. The molecule has 1 atom stereocenters. The van der Waals surface area contributed by atoms with Gasteiger partial charge in [0, 0.05) is 25.2 Å². The maximum atomic E-state index is 12.9. The number of halogens is 1. The van der Waals surface area contributed by atoms with Gasteiger partial charge in [0.2, 0.25) is 0 Å². The monoisotopic (exact) mass is 380 g/mol. The van der Waals surface area contributed by atoms with Gasteiger partial charge in [0.1, 0.15) is 0 Å². The lowest BCUT2D eigenvalue weighted by Gasteiger charge is -2.25. The first kappa shape index (κ1) is 23.0. The number of nitrogens with zero attached hydrogens (tertiary/aromatic N) is 1. The SMILES string of the molecule is CCCCCCCCCCc1ccccc1C(=O)N(C)[C@@H]1CCNC1.Cl. The number of carbonyl (C=O) groups is 1. The third-order valence-electron chi connectivity index (χ3n) is 5.45. The van der Waals surface area contributed by atoms with E-state index in [1.54, 1.807) is 0 Å². The average Bonchev–Trinajstić information content (AvgIpc) is 3.18. The van der Waals surface area contributed by atoms with Crippen LogP contribution in [0.25, 0.3) is 0 Å². The van der Waals surface area contributed by atoms with Gasteiger partial charge >= 0.3 is 0 Å². The molecule has 4 heteroatoms. The van der Waals surface area contributed by atoms with Crippen LogP contribution in [-0.2, 0) is 6.42 Å². The van der Waals surface area contributed by atoms with Gasteiger partial charge in [-0.25, -0.2) is 0 Å². The number of hydrogen-bond acceptors (Lipinski definition) is 2. The number of hydrogen-bond donors (Lipinski definition) is 1. The van der Waals surface area contributed by atoms with Crippen LogP contribution in [0.1, 0.15) is 80.6 Å². The number of likely N-dealkylation sites (N-methyl/N-ethyl adjacent to an activating group) is 1. The molecule has 1 aliphatic heterocycles. The first-order valence-corrected chi connectivity index (χ1v) is 10.3. The second-order valence-corrected chi connectivity index (χ2v) is 7.44. The lowest BCUT2D eigenvalue weighted by molar-refractivity contribution is 0.0742. The standard InChI is InChI=1S/C22H36N2O.ClH/c1-3-4-5-6-7-8-9-10-13-19-14-11-12-15-21(19)22(25)24(2)20-16-17-23-18-20;/h11-12,14-15,20,23H,3-10,13,16-18H2,1-2H3;1H/t20-;/m1./s1. The van der Waals surface area contributed by atoms with Crippen molar-refractivity contribution in [3.63, 3.8) is 0 Å². The molecule has 0 aromatic heterocycles. The summed E-state index contributed by atoms with van der Waals surface area (Å²) in [6.45, 7) is 4.20. The highest BCUT2D eigenvalue weighted by Gasteiger charge is 2.25. The van der Waals surface area contributed by atoms with Crippen LogP contribution in [0.15, 0.2) is 24.3 Å². The molecule has 1 aliphatic rings. The second-order valence-electron chi connectivity index (χ2n) is 7.44. The summed E-state index contributed by atoms with van der Waals surface area (Å²) in [5.41, 5.74) is 2.12. The van der Waals surface area contributed by atoms with Crippen LogP contribution in [0.5, 0.6) is 0 Å². The highest BCUT2D eigenvalue weighted by atomic mass is 35.5. The van der Waals surface area contributed by atoms with Crippen molar-refractivity contribution in [2.24, 2.45) is 0 Å². The molecule has 0 spiro atoms. The van der Waals surface area contributed by atoms with E-state index in [0.717, 1.165) is 31.5 Å². The van der Waals surface area contributed by atoms with Crippen molar-refractivity contribution in [3.8, 4) is 0 Å². The molecule has 0 saturated carbocycles. The normalized spacial score (nSPS) is 16.3.